The second-order valence-corrected chi connectivity index (χ2v) is 5.96. The second kappa shape index (κ2) is 6.30. The summed E-state index contributed by atoms with van der Waals surface area (Å²) >= 11 is 7.06. The van der Waals surface area contributed by atoms with E-state index >= 15 is 0 Å². The minimum atomic E-state index is -0.669. The summed E-state index contributed by atoms with van der Waals surface area (Å²) in [7, 11) is 1.78. The van der Waals surface area contributed by atoms with Crippen LogP contribution in [0.1, 0.15) is 38.0 Å². The number of aromatic nitrogens is 1. The van der Waals surface area contributed by atoms with E-state index in [1.165, 1.54) is 0 Å². The number of rotatable bonds is 4. The zero-order valence-electron chi connectivity index (χ0n) is 11.4. The van der Waals surface area contributed by atoms with Crippen LogP contribution >= 0.6 is 22.9 Å². The Labute approximate surface area is 130 Å². The van der Waals surface area contributed by atoms with E-state index in [-0.39, 0.29) is 21.8 Å². The standard InChI is InChI=1S/C13H14ClN3O3S/c1-7(15-12(18)9-4-3-5-17(9)2)10-6-8(14)11(21-10)13(19)16-20/h3-7,20H,1-2H3,(H,15,18)(H,16,19)/t7-/m0/s1. The molecule has 0 aliphatic heterocycles. The van der Waals surface area contributed by atoms with Crippen molar-refractivity contribution < 1.29 is 14.8 Å². The van der Waals surface area contributed by atoms with Gasteiger partial charge in [-0.25, -0.2) is 5.48 Å². The molecule has 0 fully saturated rings. The molecule has 0 aliphatic carbocycles. The predicted octanol–water partition coefficient (Wildman–Crippen LogP) is 2.35. The van der Waals surface area contributed by atoms with Gasteiger partial charge in [-0.3, -0.25) is 14.8 Å². The van der Waals surface area contributed by atoms with Crippen LogP contribution in [0.3, 0.4) is 0 Å². The highest BCUT2D eigenvalue weighted by Gasteiger charge is 2.20. The lowest BCUT2D eigenvalue weighted by Crippen LogP contribution is -2.27. The third kappa shape index (κ3) is 3.26. The number of carbonyl (C=O) groups excluding carboxylic acids is 2. The van der Waals surface area contributed by atoms with Crippen molar-refractivity contribution in [3.8, 4) is 0 Å². The van der Waals surface area contributed by atoms with Crippen molar-refractivity contribution in [1.29, 1.82) is 0 Å². The first-order chi connectivity index (χ1) is 9.93. The number of halogens is 1. The summed E-state index contributed by atoms with van der Waals surface area (Å²) < 4.78 is 1.72. The van der Waals surface area contributed by atoms with Gasteiger partial charge < -0.3 is 9.88 Å². The van der Waals surface area contributed by atoms with E-state index in [1.807, 2.05) is 0 Å². The first kappa shape index (κ1) is 15.6. The molecule has 0 bridgehead atoms. The molecule has 0 spiro atoms. The zero-order chi connectivity index (χ0) is 15.6. The van der Waals surface area contributed by atoms with Gasteiger partial charge in [-0.2, -0.15) is 0 Å². The van der Waals surface area contributed by atoms with Gasteiger partial charge >= 0.3 is 0 Å². The third-order valence-corrected chi connectivity index (χ3v) is 4.69. The highest BCUT2D eigenvalue weighted by atomic mass is 35.5. The summed E-state index contributed by atoms with van der Waals surface area (Å²) in [5.41, 5.74) is 2.08. The summed E-state index contributed by atoms with van der Waals surface area (Å²) in [5, 5.41) is 11.7. The van der Waals surface area contributed by atoms with Crippen molar-refractivity contribution in [2.45, 2.75) is 13.0 Å². The number of thiophene rings is 1. The molecule has 2 rings (SSSR count). The monoisotopic (exact) mass is 327 g/mol. The van der Waals surface area contributed by atoms with E-state index in [2.05, 4.69) is 5.32 Å². The first-order valence-corrected chi connectivity index (χ1v) is 7.29. The Kier molecular flexibility index (Phi) is 4.66. The average Bonchev–Trinajstić information content (AvgIpc) is 3.04. The van der Waals surface area contributed by atoms with E-state index < -0.39 is 5.91 Å². The van der Waals surface area contributed by atoms with E-state index in [1.54, 1.807) is 48.4 Å². The molecule has 0 saturated carbocycles. The number of aryl methyl sites for hydroxylation is 1. The lowest BCUT2D eigenvalue weighted by Gasteiger charge is -2.12. The molecule has 6 nitrogen and oxygen atoms in total. The van der Waals surface area contributed by atoms with Gasteiger partial charge in [0.15, 0.2) is 0 Å². The van der Waals surface area contributed by atoms with Crippen LogP contribution in [0.5, 0.6) is 0 Å². The van der Waals surface area contributed by atoms with Gasteiger partial charge in [-0.1, -0.05) is 11.6 Å². The molecule has 2 aromatic rings. The van der Waals surface area contributed by atoms with Crippen LogP contribution < -0.4 is 10.8 Å². The van der Waals surface area contributed by atoms with Gasteiger partial charge in [0.1, 0.15) is 10.6 Å². The summed E-state index contributed by atoms with van der Waals surface area (Å²) in [6.07, 6.45) is 1.78. The number of hydroxylamine groups is 1. The number of amides is 2. The maximum absolute atomic E-state index is 12.1. The molecule has 0 radical (unpaired) electrons. The number of hydrogen-bond acceptors (Lipinski definition) is 4. The zero-order valence-corrected chi connectivity index (χ0v) is 13.0. The van der Waals surface area contributed by atoms with Gasteiger partial charge in [-0.05, 0) is 25.1 Å². The van der Waals surface area contributed by atoms with Crippen LogP contribution in [0.25, 0.3) is 0 Å². The number of hydrogen-bond donors (Lipinski definition) is 3. The molecule has 0 saturated heterocycles. The fourth-order valence-electron chi connectivity index (χ4n) is 1.84. The molecule has 2 aromatic heterocycles. The molecule has 2 heterocycles. The Bertz CT molecular complexity index is 680. The molecule has 21 heavy (non-hydrogen) atoms. The lowest BCUT2D eigenvalue weighted by atomic mass is 10.2. The Balaban J connectivity index is 2.14. The Morgan fingerprint density at radius 2 is 2.14 bits per heavy atom. The van der Waals surface area contributed by atoms with E-state index in [9.17, 15) is 9.59 Å². The smallest absolute Gasteiger partial charge is 0.286 e. The Hall–Kier alpha value is -1.83. The lowest BCUT2D eigenvalue weighted by molar-refractivity contribution is 0.0711. The molecule has 8 heteroatoms. The average molecular weight is 328 g/mol. The Morgan fingerprint density at radius 3 is 2.71 bits per heavy atom. The predicted molar refractivity (Wildman–Crippen MR) is 79.9 cm³/mol. The summed E-state index contributed by atoms with van der Waals surface area (Å²) in [4.78, 5) is 24.4. The normalized spacial score (nSPS) is 12.0. The highest BCUT2D eigenvalue weighted by Crippen LogP contribution is 2.31. The van der Waals surface area contributed by atoms with Crippen molar-refractivity contribution in [2.75, 3.05) is 0 Å². The van der Waals surface area contributed by atoms with Crippen molar-refractivity contribution >= 4 is 34.8 Å². The third-order valence-electron chi connectivity index (χ3n) is 2.96. The SMILES string of the molecule is C[C@H](NC(=O)c1cccn1C)c1cc(Cl)c(C(=O)NO)s1. The van der Waals surface area contributed by atoms with Crippen LogP contribution in [0.15, 0.2) is 24.4 Å². The number of carbonyl (C=O) groups is 2. The van der Waals surface area contributed by atoms with Crippen LogP contribution in [0.4, 0.5) is 0 Å². The van der Waals surface area contributed by atoms with E-state index in [0.717, 1.165) is 16.2 Å². The minimum Gasteiger partial charge on any atom is -0.347 e. The quantitative estimate of drug-likeness (QED) is 0.595. The molecule has 0 aromatic carbocycles. The molecule has 1 atom stereocenters. The Morgan fingerprint density at radius 1 is 1.43 bits per heavy atom. The minimum absolute atomic E-state index is 0.203. The van der Waals surface area contributed by atoms with Crippen LogP contribution in [-0.4, -0.2) is 21.6 Å². The number of nitrogens with one attached hydrogen (secondary N) is 2. The van der Waals surface area contributed by atoms with Crippen molar-refractivity contribution in [3.63, 3.8) is 0 Å². The van der Waals surface area contributed by atoms with Crippen LogP contribution in [0, 0.1) is 0 Å². The largest absolute Gasteiger partial charge is 0.347 e. The molecule has 2 amide bonds. The van der Waals surface area contributed by atoms with Gasteiger partial charge in [0.2, 0.25) is 0 Å². The molecule has 0 unspecified atom stereocenters. The first-order valence-electron chi connectivity index (χ1n) is 6.10. The molecular weight excluding hydrogens is 314 g/mol. The summed E-state index contributed by atoms with van der Waals surface area (Å²) in [6.45, 7) is 1.80. The molecule has 0 aliphatic rings. The van der Waals surface area contributed by atoms with Gasteiger partial charge in [0.25, 0.3) is 11.8 Å². The maximum Gasteiger partial charge on any atom is 0.286 e. The second-order valence-electron chi connectivity index (χ2n) is 4.47. The summed E-state index contributed by atoms with van der Waals surface area (Å²) in [5.74, 6) is -0.884. The fourth-order valence-corrected chi connectivity index (χ4v) is 3.17. The van der Waals surface area contributed by atoms with Gasteiger partial charge in [-0.15, -0.1) is 11.3 Å². The maximum atomic E-state index is 12.1. The molecule has 112 valence electrons. The highest BCUT2D eigenvalue weighted by molar-refractivity contribution is 7.14. The van der Waals surface area contributed by atoms with Crippen LogP contribution in [-0.2, 0) is 7.05 Å². The number of nitrogens with zero attached hydrogens (tertiary/aromatic N) is 1. The van der Waals surface area contributed by atoms with Crippen LogP contribution in [0.2, 0.25) is 5.02 Å². The van der Waals surface area contributed by atoms with Crippen molar-refractivity contribution in [3.05, 3.63) is 44.9 Å². The molecular formula is C13H14ClN3O3S. The van der Waals surface area contributed by atoms with Gasteiger partial charge in [0, 0.05) is 18.1 Å². The van der Waals surface area contributed by atoms with Gasteiger partial charge in [0.05, 0.1) is 11.1 Å². The molecule has 3 N–H and O–H groups in total. The topological polar surface area (TPSA) is 83.4 Å². The van der Waals surface area contributed by atoms with Crippen molar-refractivity contribution in [1.82, 2.24) is 15.4 Å². The van der Waals surface area contributed by atoms with E-state index in [0.29, 0.717) is 5.69 Å². The van der Waals surface area contributed by atoms with E-state index in [4.69, 9.17) is 16.8 Å². The fraction of sp³-hybridized carbons (Fsp3) is 0.231. The summed E-state index contributed by atoms with van der Waals surface area (Å²) in [6, 6.07) is 4.79. The van der Waals surface area contributed by atoms with Crippen molar-refractivity contribution in [2.24, 2.45) is 7.05 Å².